The Bertz CT molecular complexity index is 460. The molecule has 1 atom stereocenters. The van der Waals surface area contributed by atoms with Gasteiger partial charge < -0.3 is 16.1 Å². The molecule has 7 heteroatoms. The van der Waals surface area contributed by atoms with Crippen molar-refractivity contribution in [1.82, 2.24) is 15.3 Å². The van der Waals surface area contributed by atoms with Gasteiger partial charge in [0.1, 0.15) is 23.5 Å². The van der Waals surface area contributed by atoms with Gasteiger partial charge in [-0.2, -0.15) is 0 Å². The predicted octanol–water partition coefficient (Wildman–Crippen LogP) is 1.21. The summed E-state index contributed by atoms with van der Waals surface area (Å²) in [5.74, 6) is 7.24. The maximum atomic E-state index is 11.9. The lowest BCUT2D eigenvalue weighted by atomic mass is 10.2. The molecule has 1 amide bonds. The maximum absolute atomic E-state index is 11.9. The van der Waals surface area contributed by atoms with E-state index in [1.807, 2.05) is 27.7 Å². The van der Waals surface area contributed by atoms with E-state index in [0.29, 0.717) is 17.5 Å². The molecule has 1 rings (SSSR count). The molecule has 0 fully saturated rings. The molecule has 1 aromatic rings. The highest BCUT2D eigenvalue weighted by atomic mass is 16.2. The highest BCUT2D eigenvalue weighted by Gasteiger charge is 2.15. The van der Waals surface area contributed by atoms with Crippen LogP contribution in [-0.2, 0) is 4.79 Å². The highest BCUT2D eigenvalue weighted by molar-refractivity contribution is 5.84. The zero-order valence-electron chi connectivity index (χ0n) is 12.7. The lowest BCUT2D eigenvalue weighted by Gasteiger charge is -2.17. The second-order valence-electron chi connectivity index (χ2n) is 5.32. The molecule has 0 saturated carbocycles. The Labute approximate surface area is 119 Å². The van der Waals surface area contributed by atoms with E-state index in [-0.39, 0.29) is 17.9 Å². The molecule has 0 aliphatic rings. The summed E-state index contributed by atoms with van der Waals surface area (Å²) in [6.45, 7) is 9.61. The standard InChI is InChI=1S/C13H24N6O/c1-7(2)12-17-10(6-11(18-12)19-14)16-9(5)13(20)15-8(3)4/h6-9H,14H2,1-5H3,(H,15,20)(H2,16,17,18,19). The number of rotatable bonds is 6. The summed E-state index contributed by atoms with van der Waals surface area (Å²) in [4.78, 5) is 20.5. The number of nitrogen functional groups attached to an aromatic ring is 1. The van der Waals surface area contributed by atoms with E-state index in [4.69, 9.17) is 5.84 Å². The van der Waals surface area contributed by atoms with Crippen LogP contribution >= 0.6 is 0 Å². The highest BCUT2D eigenvalue weighted by Crippen LogP contribution is 2.16. The average Bonchev–Trinajstić information content (AvgIpc) is 2.37. The van der Waals surface area contributed by atoms with Gasteiger partial charge in [0, 0.05) is 18.0 Å². The Balaban J connectivity index is 2.85. The van der Waals surface area contributed by atoms with Gasteiger partial charge in [-0.25, -0.2) is 15.8 Å². The molecule has 112 valence electrons. The lowest BCUT2D eigenvalue weighted by Crippen LogP contribution is -2.41. The number of nitrogens with one attached hydrogen (secondary N) is 3. The summed E-state index contributed by atoms with van der Waals surface area (Å²) in [7, 11) is 0. The summed E-state index contributed by atoms with van der Waals surface area (Å²) >= 11 is 0. The van der Waals surface area contributed by atoms with Gasteiger partial charge >= 0.3 is 0 Å². The van der Waals surface area contributed by atoms with Crippen LogP contribution in [0.25, 0.3) is 0 Å². The van der Waals surface area contributed by atoms with Gasteiger partial charge in [0.15, 0.2) is 0 Å². The summed E-state index contributed by atoms with van der Waals surface area (Å²) in [5.41, 5.74) is 2.51. The van der Waals surface area contributed by atoms with Crippen LogP contribution in [0, 0.1) is 0 Å². The minimum Gasteiger partial charge on any atom is -0.358 e. The molecule has 0 radical (unpaired) electrons. The zero-order valence-corrected chi connectivity index (χ0v) is 12.7. The van der Waals surface area contributed by atoms with Crippen LogP contribution in [0.1, 0.15) is 46.4 Å². The van der Waals surface area contributed by atoms with Crippen molar-refractivity contribution in [1.29, 1.82) is 0 Å². The van der Waals surface area contributed by atoms with E-state index in [2.05, 4.69) is 26.0 Å². The van der Waals surface area contributed by atoms with Gasteiger partial charge in [0.2, 0.25) is 5.91 Å². The van der Waals surface area contributed by atoms with Crippen molar-refractivity contribution in [3.05, 3.63) is 11.9 Å². The van der Waals surface area contributed by atoms with Crippen molar-refractivity contribution in [3.63, 3.8) is 0 Å². The maximum Gasteiger partial charge on any atom is 0.242 e. The summed E-state index contributed by atoms with van der Waals surface area (Å²) < 4.78 is 0. The number of nitrogens with two attached hydrogens (primary N) is 1. The molecule has 0 aliphatic heterocycles. The number of carbonyl (C=O) groups is 1. The Kier molecular flexibility index (Phi) is 5.69. The van der Waals surface area contributed by atoms with E-state index in [9.17, 15) is 4.79 Å². The molecular weight excluding hydrogens is 256 g/mol. The first-order valence-electron chi connectivity index (χ1n) is 6.76. The van der Waals surface area contributed by atoms with Gasteiger partial charge in [-0.1, -0.05) is 13.8 Å². The molecule has 0 aliphatic carbocycles. The lowest BCUT2D eigenvalue weighted by molar-refractivity contribution is -0.122. The van der Waals surface area contributed by atoms with Crippen molar-refractivity contribution in [3.8, 4) is 0 Å². The number of hydrogen-bond donors (Lipinski definition) is 4. The molecule has 1 heterocycles. The van der Waals surface area contributed by atoms with Crippen molar-refractivity contribution < 1.29 is 4.79 Å². The summed E-state index contributed by atoms with van der Waals surface area (Å²) in [5, 5.41) is 5.90. The predicted molar refractivity (Wildman–Crippen MR) is 80.3 cm³/mol. The van der Waals surface area contributed by atoms with Crippen molar-refractivity contribution in [2.24, 2.45) is 5.84 Å². The quantitative estimate of drug-likeness (QED) is 0.461. The van der Waals surface area contributed by atoms with E-state index in [0.717, 1.165) is 0 Å². The van der Waals surface area contributed by atoms with E-state index >= 15 is 0 Å². The van der Waals surface area contributed by atoms with Crippen LogP contribution in [0.5, 0.6) is 0 Å². The van der Waals surface area contributed by atoms with E-state index < -0.39 is 6.04 Å². The molecule has 0 aromatic carbocycles. The number of anilines is 2. The molecule has 0 saturated heterocycles. The van der Waals surface area contributed by atoms with Crippen LogP contribution in [0.3, 0.4) is 0 Å². The topological polar surface area (TPSA) is 105 Å². The van der Waals surface area contributed by atoms with Gasteiger partial charge in [-0.05, 0) is 20.8 Å². The normalized spacial score (nSPS) is 12.4. The molecular formula is C13H24N6O. The molecule has 1 unspecified atom stereocenters. The largest absolute Gasteiger partial charge is 0.358 e. The SMILES string of the molecule is CC(C)NC(=O)C(C)Nc1cc(NN)nc(C(C)C)n1. The van der Waals surface area contributed by atoms with Crippen LogP contribution in [0.15, 0.2) is 6.07 Å². The second kappa shape index (κ2) is 7.04. The van der Waals surface area contributed by atoms with E-state index in [1.165, 1.54) is 0 Å². The monoisotopic (exact) mass is 280 g/mol. The van der Waals surface area contributed by atoms with Crippen LogP contribution < -0.4 is 21.9 Å². The fraction of sp³-hybridized carbons (Fsp3) is 0.615. The third-order valence-corrected chi connectivity index (χ3v) is 2.60. The number of hydrogen-bond acceptors (Lipinski definition) is 6. The van der Waals surface area contributed by atoms with Gasteiger partial charge in [0.05, 0.1) is 0 Å². The number of carbonyl (C=O) groups excluding carboxylic acids is 1. The van der Waals surface area contributed by atoms with Crippen molar-refractivity contribution >= 4 is 17.5 Å². The summed E-state index contributed by atoms with van der Waals surface area (Å²) in [6.07, 6.45) is 0. The first kappa shape index (κ1) is 16.2. The smallest absolute Gasteiger partial charge is 0.242 e. The first-order chi connectivity index (χ1) is 9.33. The minimum absolute atomic E-state index is 0.0769. The van der Waals surface area contributed by atoms with Gasteiger partial charge in [-0.3, -0.25) is 4.79 Å². The molecule has 0 bridgehead atoms. The van der Waals surface area contributed by atoms with Crippen LogP contribution in [0.4, 0.5) is 11.6 Å². The Morgan fingerprint density at radius 2 is 1.75 bits per heavy atom. The Hall–Kier alpha value is -1.89. The number of nitrogens with zero attached hydrogens (tertiary/aromatic N) is 2. The minimum atomic E-state index is -0.391. The van der Waals surface area contributed by atoms with Crippen LogP contribution in [0.2, 0.25) is 0 Å². The molecule has 7 nitrogen and oxygen atoms in total. The molecule has 20 heavy (non-hydrogen) atoms. The van der Waals surface area contributed by atoms with Crippen LogP contribution in [-0.4, -0.2) is 28.0 Å². The number of aromatic nitrogens is 2. The molecule has 5 N–H and O–H groups in total. The van der Waals surface area contributed by atoms with E-state index in [1.54, 1.807) is 13.0 Å². The van der Waals surface area contributed by atoms with Crippen molar-refractivity contribution in [2.75, 3.05) is 10.7 Å². The Morgan fingerprint density at radius 1 is 1.15 bits per heavy atom. The molecule has 0 spiro atoms. The third kappa shape index (κ3) is 4.65. The fourth-order valence-corrected chi connectivity index (χ4v) is 1.57. The Morgan fingerprint density at radius 3 is 2.25 bits per heavy atom. The average molecular weight is 280 g/mol. The first-order valence-corrected chi connectivity index (χ1v) is 6.76. The molecule has 1 aromatic heterocycles. The third-order valence-electron chi connectivity index (χ3n) is 2.60. The number of amides is 1. The second-order valence-corrected chi connectivity index (χ2v) is 5.32. The number of hydrazine groups is 1. The zero-order chi connectivity index (χ0) is 15.3. The summed E-state index contributed by atoms with van der Waals surface area (Å²) in [6, 6.07) is 1.38. The van der Waals surface area contributed by atoms with Gasteiger partial charge in [-0.15, -0.1) is 0 Å². The fourth-order valence-electron chi connectivity index (χ4n) is 1.57. The van der Waals surface area contributed by atoms with Gasteiger partial charge in [0.25, 0.3) is 0 Å². The van der Waals surface area contributed by atoms with Crippen molar-refractivity contribution in [2.45, 2.75) is 52.6 Å².